The predicted octanol–water partition coefficient (Wildman–Crippen LogP) is 3.46. The average molecular weight is 361 g/mol. The minimum atomic E-state index is -0.697. The average Bonchev–Trinajstić information content (AvgIpc) is 2.82. The van der Waals surface area contributed by atoms with Crippen LogP contribution in [0.3, 0.4) is 0 Å². The van der Waals surface area contributed by atoms with E-state index in [2.05, 4.69) is 17.5 Å². The summed E-state index contributed by atoms with van der Waals surface area (Å²) in [7, 11) is 1.58. The van der Waals surface area contributed by atoms with Crippen LogP contribution < -0.4 is 15.1 Å². The molecule has 1 aliphatic rings. The van der Waals surface area contributed by atoms with Crippen molar-refractivity contribution < 1.29 is 19.1 Å². The van der Waals surface area contributed by atoms with E-state index in [0.29, 0.717) is 17.9 Å². The molecule has 1 N–H and O–H groups in total. The number of fused-ring (bicyclic) bond motifs is 1. The number of hydrazone groups is 1. The van der Waals surface area contributed by atoms with Crippen molar-refractivity contribution in [1.82, 2.24) is 5.43 Å². The van der Waals surface area contributed by atoms with Crippen LogP contribution in [0.15, 0.2) is 23.3 Å². The molecule has 0 radical (unpaired) electrons. The third kappa shape index (κ3) is 4.74. The van der Waals surface area contributed by atoms with E-state index in [1.807, 2.05) is 6.07 Å². The van der Waals surface area contributed by atoms with E-state index in [1.165, 1.54) is 0 Å². The van der Waals surface area contributed by atoms with E-state index in [9.17, 15) is 9.59 Å². The monoisotopic (exact) mass is 361 g/mol. The normalized spacial score (nSPS) is 15.2. The lowest BCUT2D eigenvalue weighted by molar-refractivity contribution is -0.112. The molecular weight excluding hydrogens is 334 g/mol. The van der Waals surface area contributed by atoms with Crippen LogP contribution in [-0.2, 0) is 9.53 Å². The molecule has 26 heavy (non-hydrogen) atoms. The summed E-state index contributed by atoms with van der Waals surface area (Å²) in [4.78, 5) is 26.3. The van der Waals surface area contributed by atoms with E-state index in [-0.39, 0.29) is 11.6 Å². The Morgan fingerprint density at radius 3 is 2.62 bits per heavy atom. The molecule has 1 aliphatic heterocycles. The van der Waals surface area contributed by atoms with Crippen molar-refractivity contribution in [1.29, 1.82) is 0 Å². The number of anilines is 1. The molecule has 0 saturated heterocycles. The van der Waals surface area contributed by atoms with Crippen LogP contribution in [0.4, 0.5) is 10.5 Å². The van der Waals surface area contributed by atoms with Crippen LogP contribution in [0.1, 0.15) is 52.5 Å². The van der Waals surface area contributed by atoms with E-state index in [0.717, 1.165) is 24.9 Å². The Bertz CT molecular complexity index is 707. The van der Waals surface area contributed by atoms with Crippen molar-refractivity contribution in [2.45, 2.75) is 52.6 Å². The number of carbonyl (C=O) groups excluding carboxylic acids is 2. The van der Waals surface area contributed by atoms with Gasteiger partial charge in [0, 0.05) is 18.2 Å². The van der Waals surface area contributed by atoms with Crippen molar-refractivity contribution in [3.63, 3.8) is 0 Å². The van der Waals surface area contributed by atoms with Gasteiger partial charge in [0.05, 0.1) is 12.8 Å². The molecule has 0 aliphatic carbocycles. The summed E-state index contributed by atoms with van der Waals surface area (Å²) in [6.07, 6.45) is 2.29. The summed E-state index contributed by atoms with van der Waals surface area (Å²) >= 11 is 0. The van der Waals surface area contributed by atoms with Crippen LogP contribution in [-0.4, -0.2) is 37.0 Å². The first-order chi connectivity index (χ1) is 12.3. The van der Waals surface area contributed by atoms with Crippen molar-refractivity contribution in [3.8, 4) is 5.75 Å². The number of rotatable bonds is 6. The molecule has 0 aromatic heterocycles. The second-order valence-corrected chi connectivity index (χ2v) is 7.12. The van der Waals surface area contributed by atoms with Crippen molar-refractivity contribution in [2.24, 2.45) is 5.10 Å². The van der Waals surface area contributed by atoms with Crippen molar-refractivity contribution >= 4 is 23.4 Å². The number of hydrogen-bond donors (Lipinski definition) is 1. The molecule has 142 valence electrons. The quantitative estimate of drug-likeness (QED) is 0.621. The van der Waals surface area contributed by atoms with Crippen LogP contribution in [0.2, 0.25) is 0 Å². The topological polar surface area (TPSA) is 80.2 Å². The summed E-state index contributed by atoms with van der Waals surface area (Å²) in [5, 5.41) is 4.02. The second-order valence-electron chi connectivity index (χ2n) is 7.12. The summed E-state index contributed by atoms with van der Waals surface area (Å²) in [5.41, 5.74) is 3.29. The smallest absolute Gasteiger partial charge is 0.428 e. The zero-order valence-electron chi connectivity index (χ0n) is 16.1. The number of nitrogens with one attached hydrogen (secondary N) is 1. The second kappa shape index (κ2) is 8.21. The first-order valence-corrected chi connectivity index (χ1v) is 8.83. The molecule has 1 aromatic carbocycles. The highest BCUT2D eigenvalue weighted by Crippen LogP contribution is 2.33. The van der Waals surface area contributed by atoms with Gasteiger partial charge in [0.15, 0.2) is 5.71 Å². The Labute approximate surface area is 154 Å². The van der Waals surface area contributed by atoms with Gasteiger partial charge in [-0.25, -0.2) is 10.2 Å². The maximum absolute atomic E-state index is 12.8. The highest BCUT2D eigenvalue weighted by Gasteiger charge is 2.34. The zero-order valence-corrected chi connectivity index (χ0v) is 16.1. The maximum Gasteiger partial charge on any atom is 0.428 e. The molecule has 0 saturated carbocycles. The molecule has 1 heterocycles. The van der Waals surface area contributed by atoms with Crippen molar-refractivity contribution in [2.75, 3.05) is 18.6 Å². The Morgan fingerprint density at radius 2 is 2.00 bits per heavy atom. The van der Waals surface area contributed by atoms with Gasteiger partial charge in [-0.15, -0.1) is 0 Å². The Hall–Kier alpha value is -2.57. The third-order valence-electron chi connectivity index (χ3n) is 3.84. The number of unbranched alkanes of at least 4 members (excludes halogenated alkanes) is 2. The number of amides is 2. The third-order valence-corrected chi connectivity index (χ3v) is 3.84. The number of methoxy groups -OCH3 is 1. The van der Waals surface area contributed by atoms with Crippen LogP contribution in [0.5, 0.6) is 5.75 Å². The lowest BCUT2D eigenvalue weighted by Crippen LogP contribution is -2.34. The Balaban J connectivity index is 2.26. The fourth-order valence-electron chi connectivity index (χ4n) is 2.67. The fraction of sp³-hybridized carbons (Fsp3) is 0.526. The summed E-state index contributed by atoms with van der Waals surface area (Å²) in [5.74, 6) is 0.429. The first-order valence-electron chi connectivity index (χ1n) is 8.83. The van der Waals surface area contributed by atoms with Gasteiger partial charge in [0.1, 0.15) is 11.4 Å². The van der Waals surface area contributed by atoms with E-state index >= 15 is 0 Å². The van der Waals surface area contributed by atoms with Gasteiger partial charge in [-0.3, -0.25) is 4.79 Å². The lowest BCUT2D eigenvalue weighted by Gasteiger charge is -2.18. The molecule has 7 heteroatoms. The maximum atomic E-state index is 12.8. The number of ether oxygens (including phenoxy) is 2. The molecule has 2 rings (SSSR count). The SMILES string of the molecule is CCCCCN1C(=O)/C(=N\NC(=O)OC(C)(C)C)c2ccc(OC)cc21. The first kappa shape index (κ1) is 19.8. The zero-order chi connectivity index (χ0) is 19.3. The molecular formula is C19H27N3O4. The number of carbonyl (C=O) groups is 2. The van der Waals surface area contributed by atoms with Crippen molar-refractivity contribution in [3.05, 3.63) is 23.8 Å². The van der Waals surface area contributed by atoms with Crippen LogP contribution in [0.25, 0.3) is 0 Å². The van der Waals surface area contributed by atoms with Gasteiger partial charge in [-0.05, 0) is 39.3 Å². The minimum absolute atomic E-state index is 0.199. The van der Waals surface area contributed by atoms with Crippen LogP contribution in [0, 0.1) is 0 Å². The lowest BCUT2D eigenvalue weighted by atomic mass is 10.1. The standard InChI is InChI=1S/C19H27N3O4/c1-6-7-8-11-22-15-12-13(25-5)9-10-14(15)16(17(22)23)20-21-18(24)26-19(2,3)4/h9-10,12H,6-8,11H2,1-5H3,(H,21,24)/b20-16-. The molecule has 1 aromatic rings. The largest absolute Gasteiger partial charge is 0.497 e. The highest BCUT2D eigenvalue weighted by molar-refractivity contribution is 6.54. The number of hydrogen-bond acceptors (Lipinski definition) is 5. The summed E-state index contributed by atoms with van der Waals surface area (Å²) < 4.78 is 10.4. The molecule has 0 spiro atoms. The number of nitrogens with zero attached hydrogens (tertiary/aromatic N) is 2. The fourth-order valence-corrected chi connectivity index (χ4v) is 2.67. The highest BCUT2D eigenvalue weighted by atomic mass is 16.6. The Morgan fingerprint density at radius 1 is 1.27 bits per heavy atom. The van der Waals surface area contributed by atoms with Gasteiger partial charge in [-0.1, -0.05) is 19.8 Å². The molecule has 0 fully saturated rings. The molecule has 7 nitrogen and oxygen atoms in total. The number of benzene rings is 1. The van der Waals surface area contributed by atoms with Gasteiger partial charge in [0.2, 0.25) is 0 Å². The molecule has 0 unspecified atom stereocenters. The van der Waals surface area contributed by atoms with E-state index in [1.54, 1.807) is 44.9 Å². The van der Waals surface area contributed by atoms with E-state index < -0.39 is 11.7 Å². The van der Waals surface area contributed by atoms with Crippen LogP contribution >= 0.6 is 0 Å². The summed E-state index contributed by atoms with van der Waals surface area (Å²) in [6.45, 7) is 7.99. The molecule has 2 amide bonds. The van der Waals surface area contributed by atoms with Gasteiger partial charge >= 0.3 is 6.09 Å². The molecule has 0 bridgehead atoms. The summed E-state index contributed by atoms with van der Waals surface area (Å²) in [6, 6.07) is 5.36. The molecule has 0 atom stereocenters. The Kier molecular flexibility index (Phi) is 6.23. The van der Waals surface area contributed by atoms with Gasteiger partial charge in [0.25, 0.3) is 5.91 Å². The van der Waals surface area contributed by atoms with E-state index in [4.69, 9.17) is 9.47 Å². The van der Waals surface area contributed by atoms with Gasteiger partial charge < -0.3 is 14.4 Å². The predicted molar refractivity (Wildman–Crippen MR) is 101 cm³/mol. The minimum Gasteiger partial charge on any atom is -0.497 e. The van der Waals surface area contributed by atoms with Gasteiger partial charge in [-0.2, -0.15) is 5.10 Å².